The molecular formula is C23H17N5OS. The monoisotopic (exact) mass is 411 g/mol. The molecule has 0 saturated carbocycles. The summed E-state index contributed by atoms with van der Waals surface area (Å²) in [4.78, 5) is 18.4. The fourth-order valence-electron chi connectivity index (χ4n) is 3.29. The molecule has 3 heterocycles. The van der Waals surface area contributed by atoms with Crippen LogP contribution in [0.5, 0.6) is 0 Å². The topological polar surface area (TPSA) is 65.1 Å². The molecule has 0 fully saturated rings. The van der Waals surface area contributed by atoms with Crippen LogP contribution in [-0.4, -0.2) is 25.7 Å². The zero-order valence-corrected chi connectivity index (χ0v) is 17.0. The number of para-hydroxylation sites is 2. The molecule has 0 aliphatic rings. The largest absolute Gasteiger partial charge is 0.282 e. The Hall–Kier alpha value is -3.84. The van der Waals surface area contributed by atoms with Gasteiger partial charge in [0.1, 0.15) is 11.5 Å². The van der Waals surface area contributed by atoms with E-state index in [1.807, 2.05) is 76.9 Å². The standard InChI is InChI=1S/C23H17N5OS/c1-16-25-20-11-6-5-10-19(20)23(29)28(16)24-14-17-15-27(18-8-3-2-4-9-18)26-22(17)21-12-7-13-30-21/h2-15H,1H3/b24-14+. The quantitative estimate of drug-likeness (QED) is 0.409. The van der Waals surface area contributed by atoms with Gasteiger partial charge in [-0.2, -0.15) is 14.9 Å². The van der Waals surface area contributed by atoms with Crippen LogP contribution in [-0.2, 0) is 0 Å². The Kier molecular flexibility index (Phi) is 4.57. The lowest BCUT2D eigenvalue weighted by Crippen LogP contribution is -2.20. The fourth-order valence-corrected chi connectivity index (χ4v) is 4.02. The van der Waals surface area contributed by atoms with Crippen molar-refractivity contribution >= 4 is 28.5 Å². The number of hydrogen-bond acceptors (Lipinski definition) is 5. The SMILES string of the molecule is Cc1nc2ccccc2c(=O)n1/N=C/c1cn(-c2ccccc2)nc1-c1cccs1. The van der Waals surface area contributed by atoms with E-state index in [9.17, 15) is 4.79 Å². The van der Waals surface area contributed by atoms with Gasteiger partial charge in [0.15, 0.2) is 0 Å². The molecule has 0 aliphatic heterocycles. The van der Waals surface area contributed by atoms with Crippen molar-refractivity contribution in [2.24, 2.45) is 5.10 Å². The molecule has 6 nitrogen and oxygen atoms in total. The number of rotatable bonds is 4. The van der Waals surface area contributed by atoms with Crippen molar-refractivity contribution in [1.29, 1.82) is 0 Å². The number of fused-ring (bicyclic) bond motifs is 1. The zero-order chi connectivity index (χ0) is 20.5. The van der Waals surface area contributed by atoms with Crippen LogP contribution >= 0.6 is 11.3 Å². The molecule has 0 N–H and O–H groups in total. The summed E-state index contributed by atoms with van der Waals surface area (Å²) in [6.07, 6.45) is 3.59. The highest BCUT2D eigenvalue weighted by molar-refractivity contribution is 7.13. The van der Waals surface area contributed by atoms with Crippen molar-refractivity contribution in [2.45, 2.75) is 6.92 Å². The van der Waals surface area contributed by atoms with Crippen molar-refractivity contribution < 1.29 is 0 Å². The van der Waals surface area contributed by atoms with Gasteiger partial charge >= 0.3 is 0 Å². The van der Waals surface area contributed by atoms with Crippen LogP contribution in [0, 0.1) is 6.92 Å². The first-order valence-electron chi connectivity index (χ1n) is 9.42. The molecule has 0 atom stereocenters. The molecule has 0 radical (unpaired) electrons. The molecule has 7 heteroatoms. The molecule has 146 valence electrons. The molecule has 0 saturated heterocycles. The molecule has 5 rings (SSSR count). The van der Waals surface area contributed by atoms with Crippen molar-refractivity contribution in [3.8, 4) is 16.3 Å². The summed E-state index contributed by atoms with van der Waals surface area (Å²) in [7, 11) is 0. The average molecular weight is 411 g/mol. The molecule has 3 aromatic heterocycles. The Labute approximate surface area is 176 Å². The van der Waals surface area contributed by atoms with Gasteiger partial charge in [0.2, 0.25) is 0 Å². The van der Waals surface area contributed by atoms with E-state index in [0.29, 0.717) is 16.7 Å². The minimum Gasteiger partial charge on any atom is -0.267 e. The molecule has 2 aromatic carbocycles. The Morgan fingerprint density at radius 2 is 1.80 bits per heavy atom. The number of nitrogens with zero attached hydrogens (tertiary/aromatic N) is 5. The van der Waals surface area contributed by atoms with E-state index < -0.39 is 0 Å². The van der Waals surface area contributed by atoms with Gasteiger partial charge in [-0.25, -0.2) is 9.67 Å². The minimum absolute atomic E-state index is 0.192. The molecule has 5 aromatic rings. The molecule has 0 unspecified atom stereocenters. The maximum atomic E-state index is 12.9. The molecule has 0 bridgehead atoms. The van der Waals surface area contributed by atoms with Gasteiger partial charge < -0.3 is 0 Å². The summed E-state index contributed by atoms with van der Waals surface area (Å²) < 4.78 is 3.16. The summed E-state index contributed by atoms with van der Waals surface area (Å²) in [5, 5.41) is 11.8. The predicted octanol–water partition coefficient (Wildman–Crippen LogP) is 4.50. The minimum atomic E-state index is -0.192. The normalized spacial score (nSPS) is 11.5. The van der Waals surface area contributed by atoms with Gasteiger partial charge in [-0.15, -0.1) is 11.3 Å². The van der Waals surface area contributed by atoms with Crippen molar-refractivity contribution in [1.82, 2.24) is 19.4 Å². The van der Waals surface area contributed by atoms with Crippen molar-refractivity contribution in [2.75, 3.05) is 0 Å². The van der Waals surface area contributed by atoms with Gasteiger partial charge in [-0.3, -0.25) is 4.79 Å². The zero-order valence-electron chi connectivity index (χ0n) is 16.1. The third kappa shape index (κ3) is 3.25. The molecule has 0 aliphatic carbocycles. The maximum Gasteiger partial charge on any atom is 0.282 e. The lowest BCUT2D eigenvalue weighted by atomic mass is 10.2. The lowest BCUT2D eigenvalue weighted by molar-refractivity contribution is 0.771. The number of thiophene rings is 1. The molecular weight excluding hydrogens is 394 g/mol. The van der Waals surface area contributed by atoms with Crippen LogP contribution in [0.1, 0.15) is 11.4 Å². The van der Waals surface area contributed by atoms with Gasteiger partial charge in [-0.1, -0.05) is 36.4 Å². The van der Waals surface area contributed by atoms with E-state index in [1.54, 1.807) is 30.5 Å². The van der Waals surface area contributed by atoms with E-state index in [4.69, 9.17) is 5.10 Å². The average Bonchev–Trinajstić information content (AvgIpc) is 3.44. The van der Waals surface area contributed by atoms with Crippen LogP contribution in [0.15, 0.2) is 88.2 Å². The third-order valence-electron chi connectivity index (χ3n) is 4.75. The summed E-state index contributed by atoms with van der Waals surface area (Å²) in [5.74, 6) is 0.531. The second-order valence-electron chi connectivity index (χ2n) is 6.73. The smallest absolute Gasteiger partial charge is 0.267 e. The van der Waals surface area contributed by atoms with Crippen LogP contribution in [0.3, 0.4) is 0 Å². The van der Waals surface area contributed by atoms with Gasteiger partial charge in [0, 0.05) is 11.8 Å². The molecule has 0 amide bonds. The highest BCUT2D eigenvalue weighted by Crippen LogP contribution is 2.27. The number of aromatic nitrogens is 4. The van der Waals surface area contributed by atoms with E-state index >= 15 is 0 Å². The van der Waals surface area contributed by atoms with E-state index in [-0.39, 0.29) is 5.56 Å². The number of benzene rings is 2. The predicted molar refractivity (Wildman–Crippen MR) is 121 cm³/mol. The first kappa shape index (κ1) is 18.2. The second kappa shape index (κ2) is 7.53. The molecule has 30 heavy (non-hydrogen) atoms. The van der Waals surface area contributed by atoms with Crippen molar-refractivity contribution in [3.63, 3.8) is 0 Å². The van der Waals surface area contributed by atoms with Gasteiger partial charge in [0.25, 0.3) is 5.56 Å². The Morgan fingerprint density at radius 1 is 1.00 bits per heavy atom. The van der Waals surface area contributed by atoms with E-state index in [1.165, 1.54) is 4.68 Å². The molecule has 0 spiro atoms. The summed E-state index contributed by atoms with van der Waals surface area (Å²) in [6.45, 7) is 1.78. The van der Waals surface area contributed by atoms with Gasteiger partial charge in [-0.05, 0) is 42.6 Å². The van der Waals surface area contributed by atoms with Crippen LogP contribution < -0.4 is 5.56 Å². The summed E-state index contributed by atoms with van der Waals surface area (Å²) in [5.41, 5.74) is 3.07. The number of aryl methyl sites for hydroxylation is 1. The van der Waals surface area contributed by atoms with E-state index in [2.05, 4.69) is 10.1 Å². The Balaban J connectivity index is 1.63. The first-order valence-corrected chi connectivity index (χ1v) is 10.3. The van der Waals surface area contributed by atoms with Crippen LogP contribution in [0.25, 0.3) is 27.2 Å². The first-order chi connectivity index (χ1) is 14.7. The van der Waals surface area contributed by atoms with Crippen LogP contribution in [0.2, 0.25) is 0 Å². The second-order valence-corrected chi connectivity index (χ2v) is 7.68. The van der Waals surface area contributed by atoms with E-state index in [0.717, 1.165) is 21.8 Å². The Morgan fingerprint density at radius 3 is 2.60 bits per heavy atom. The Bertz CT molecular complexity index is 1420. The highest BCUT2D eigenvalue weighted by Gasteiger charge is 2.13. The summed E-state index contributed by atoms with van der Waals surface area (Å²) in [6, 6.07) is 21.2. The highest BCUT2D eigenvalue weighted by atomic mass is 32.1. The maximum absolute atomic E-state index is 12.9. The summed E-state index contributed by atoms with van der Waals surface area (Å²) >= 11 is 1.61. The van der Waals surface area contributed by atoms with Crippen LogP contribution in [0.4, 0.5) is 0 Å². The van der Waals surface area contributed by atoms with Crippen molar-refractivity contribution in [3.05, 3.63) is 100 Å². The number of hydrogen-bond donors (Lipinski definition) is 0. The lowest BCUT2D eigenvalue weighted by Gasteiger charge is -2.04. The third-order valence-corrected chi connectivity index (χ3v) is 5.62. The fraction of sp³-hybridized carbons (Fsp3) is 0.0435. The van der Waals surface area contributed by atoms with Gasteiger partial charge in [0.05, 0.1) is 27.7 Å².